The topological polar surface area (TPSA) is 12.0 Å². The second kappa shape index (κ2) is 6.90. The molecule has 2 aromatic carbocycles. The van der Waals surface area contributed by atoms with E-state index < -0.39 is 0 Å². The minimum Gasteiger partial charge on any atom is -0.319 e. The smallest absolute Gasteiger partial charge is 0.0130 e. The van der Waals surface area contributed by atoms with Gasteiger partial charge in [-0.1, -0.05) is 42.5 Å². The van der Waals surface area contributed by atoms with E-state index in [0.717, 1.165) is 13.0 Å². The number of rotatable bonds is 5. The van der Waals surface area contributed by atoms with Gasteiger partial charge in [-0.3, -0.25) is 0 Å². The molecule has 0 aliphatic rings. The van der Waals surface area contributed by atoms with Crippen LogP contribution in [0, 0.1) is 3.57 Å². The van der Waals surface area contributed by atoms with Crippen molar-refractivity contribution >= 4 is 22.6 Å². The molecule has 0 saturated carbocycles. The molecule has 1 unspecified atom stereocenters. The Morgan fingerprint density at radius 3 is 2.28 bits per heavy atom. The molecule has 0 heterocycles. The second-order valence-corrected chi connectivity index (χ2v) is 5.74. The van der Waals surface area contributed by atoms with Gasteiger partial charge in [-0.25, -0.2) is 0 Å². The Balaban J connectivity index is 2.14. The van der Waals surface area contributed by atoms with Gasteiger partial charge in [0.1, 0.15) is 0 Å². The average Bonchev–Trinajstić information content (AvgIpc) is 2.42. The maximum atomic E-state index is 3.30. The van der Waals surface area contributed by atoms with E-state index in [1.807, 2.05) is 7.05 Å². The van der Waals surface area contributed by atoms with Crippen LogP contribution < -0.4 is 5.32 Å². The van der Waals surface area contributed by atoms with Gasteiger partial charge < -0.3 is 5.32 Å². The molecule has 18 heavy (non-hydrogen) atoms. The molecule has 0 saturated heterocycles. The van der Waals surface area contributed by atoms with E-state index in [1.165, 1.54) is 14.7 Å². The third-order valence-corrected chi connectivity index (χ3v) is 3.84. The summed E-state index contributed by atoms with van der Waals surface area (Å²) in [5.41, 5.74) is 2.81. The minimum absolute atomic E-state index is 0.538. The van der Waals surface area contributed by atoms with Crippen molar-refractivity contribution in [1.82, 2.24) is 5.32 Å². The quantitative estimate of drug-likeness (QED) is 0.808. The third kappa shape index (κ3) is 3.82. The van der Waals surface area contributed by atoms with Crippen molar-refractivity contribution in [3.05, 3.63) is 69.3 Å². The van der Waals surface area contributed by atoms with Gasteiger partial charge in [0.25, 0.3) is 0 Å². The Bertz CT molecular complexity index is 464. The van der Waals surface area contributed by atoms with Crippen LogP contribution in [0.2, 0.25) is 0 Å². The van der Waals surface area contributed by atoms with Gasteiger partial charge in [0.2, 0.25) is 0 Å². The molecule has 0 aromatic heterocycles. The fourth-order valence-electron chi connectivity index (χ4n) is 2.18. The van der Waals surface area contributed by atoms with Crippen molar-refractivity contribution in [1.29, 1.82) is 0 Å². The lowest BCUT2D eigenvalue weighted by Gasteiger charge is -2.17. The fraction of sp³-hybridized carbons (Fsp3) is 0.250. The van der Waals surface area contributed by atoms with Gasteiger partial charge in [-0.2, -0.15) is 0 Å². The molecular weight excluding hydrogens is 333 g/mol. The first-order valence-electron chi connectivity index (χ1n) is 6.23. The summed E-state index contributed by atoms with van der Waals surface area (Å²) in [5.74, 6) is 0.538. The number of hydrogen-bond acceptors (Lipinski definition) is 1. The van der Waals surface area contributed by atoms with Gasteiger partial charge in [0, 0.05) is 16.0 Å². The van der Waals surface area contributed by atoms with Crippen molar-refractivity contribution in [3.63, 3.8) is 0 Å². The summed E-state index contributed by atoms with van der Waals surface area (Å²) in [6, 6.07) is 19.6. The lowest BCUT2D eigenvalue weighted by molar-refractivity contribution is 0.626. The van der Waals surface area contributed by atoms with Crippen molar-refractivity contribution < 1.29 is 0 Å². The van der Waals surface area contributed by atoms with Crippen LogP contribution in [0.5, 0.6) is 0 Å². The van der Waals surface area contributed by atoms with E-state index in [1.54, 1.807) is 0 Å². The third-order valence-electron chi connectivity index (χ3n) is 3.12. The maximum absolute atomic E-state index is 3.30. The molecule has 0 spiro atoms. The van der Waals surface area contributed by atoms with E-state index in [0.29, 0.717) is 5.92 Å². The predicted molar refractivity (Wildman–Crippen MR) is 86.0 cm³/mol. The Hall–Kier alpha value is -0.870. The summed E-state index contributed by atoms with van der Waals surface area (Å²) in [6.45, 7) is 1.01. The highest BCUT2D eigenvalue weighted by atomic mass is 127. The largest absolute Gasteiger partial charge is 0.319 e. The van der Waals surface area contributed by atoms with E-state index in [9.17, 15) is 0 Å². The van der Waals surface area contributed by atoms with Crippen LogP contribution in [0.3, 0.4) is 0 Å². The van der Waals surface area contributed by atoms with Crippen molar-refractivity contribution in [2.24, 2.45) is 0 Å². The van der Waals surface area contributed by atoms with Crippen molar-refractivity contribution in [2.45, 2.75) is 12.3 Å². The van der Waals surface area contributed by atoms with E-state index in [2.05, 4.69) is 82.5 Å². The Labute approximate surface area is 123 Å². The van der Waals surface area contributed by atoms with Crippen LogP contribution in [0.1, 0.15) is 17.0 Å². The Kier molecular flexibility index (Phi) is 5.20. The predicted octanol–water partition coefficient (Wildman–Crippen LogP) is 3.84. The van der Waals surface area contributed by atoms with Gasteiger partial charge >= 0.3 is 0 Å². The molecule has 0 amide bonds. The monoisotopic (exact) mass is 351 g/mol. The molecule has 1 N–H and O–H groups in total. The van der Waals surface area contributed by atoms with Gasteiger partial charge in [-0.05, 0) is 59.3 Å². The van der Waals surface area contributed by atoms with Crippen LogP contribution >= 0.6 is 22.6 Å². The lowest BCUT2D eigenvalue weighted by Crippen LogP contribution is -2.19. The highest BCUT2D eigenvalue weighted by molar-refractivity contribution is 14.1. The fourth-order valence-corrected chi connectivity index (χ4v) is 2.54. The molecule has 1 atom stereocenters. The van der Waals surface area contributed by atoms with Crippen LogP contribution in [0.15, 0.2) is 54.6 Å². The molecule has 0 aliphatic carbocycles. The molecule has 0 radical (unpaired) electrons. The second-order valence-electron chi connectivity index (χ2n) is 4.50. The van der Waals surface area contributed by atoms with E-state index in [4.69, 9.17) is 0 Å². The van der Waals surface area contributed by atoms with Gasteiger partial charge in [0.15, 0.2) is 0 Å². The van der Waals surface area contributed by atoms with Crippen LogP contribution in [0.25, 0.3) is 0 Å². The maximum Gasteiger partial charge on any atom is 0.0130 e. The summed E-state index contributed by atoms with van der Waals surface area (Å²) in [5, 5.41) is 3.30. The summed E-state index contributed by atoms with van der Waals surface area (Å²) < 4.78 is 1.29. The molecular formula is C16H18IN. The number of likely N-dealkylation sites (N-methyl/N-ethyl adjacent to an activating group) is 1. The van der Waals surface area contributed by atoms with Gasteiger partial charge in [-0.15, -0.1) is 0 Å². The molecule has 0 fully saturated rings. The zero-order chi connectivity index (χ0) is 12.8. The summed E-state index contributed by atoms with van der Waals surface area (Å²) in [6.07, 6.45) is 1.09. The molecule has 0 aliphatic heterocycles. The first kappa shape index (κ1) is 13.6. The number of nitrogens with one attached hydrogen (secondary N) is 1. The SMILES string of the molecule is CNCC(Cc1ccc(I)cc1)c1ccccc1. The normalized spacial score (nSPS) is 12.3. The van der Waals surface area contributed by atoms with Crippen LogP contribution in [0.4, 0.5) is 0 Å². The minimum atomic E-state index is 0.538. The zero-order valence-electron chi connectivity index (χ0n) is 10.6. The number of halogens is 1. The molecule has 0 bridgehead atoms. The molecule has 2 heteroatoms. The number of hydrogen-bond donors (Lipinski definition) is 1. The van der Waals surface area contributed by atoms with Crippen LogP contribution in [-0.2, 0) is 6.42 Å². The zero-order valence-corrected chi connectivity index (χ0v) is 12.7. The summed E-state index contributed by atoms with van der Waals surface area (Å²) in [7, 11) is 2.02. The standard InChI is InChI=1S/C16H18IN/c1-18-12-15(14-5-3-2-4-6-14)11-13-7-9-16(17)10-8-13/h2-10,15,18H,11-12H2,1H3. The summed E-state index contributed by atoms with van der Waals surface area (Å²) >= 11 is 2.35. The first-order chi connectivity index (χ1) is 8.79. The highest BCUT2D eigenvalue weighted by Gasteiger charge is 2.11. The van der Waals surface area contributed by atoms with Crippen molar-refractivity contribution in [2.75, 3.05) is 13.6 Å². The molecule has 2 rings (SSSR count). The first-order valence-corrected chi connectivity index (χ1v) is 7.31. The number of benzene rings is 2. The van der Waals surface area contributed by atoms with E-state index >= 15 is 0 Å². The van der Waals surface area contributed by atoms with Crippen LogP contribution in [-0.4, -0.2) is 13.6 Å². The molecule has 2 aromatic rings. The molecule has 1 nitrogen and oxygen atoms in total. The van der Waals surface area contributed by atoms with Crippen molar-refractivity contribution in [3.8, 4) is 0 Å². The lowest BCUT2D eigenvalue weighted by atomic mass is 9.92. The average molecular weight is 351 g/mol. The Morgan fingerprint density at radius 1 is 1.00 bits per heavy atom. The Morgan fingerprint density at radius 2 is 1.67 bits per heavy atom. The van der Waals surface area contributed by atoms with Gasteiger partial charge in [0.05, 0.1) is 0 Å². The molecule has 94 valence electrons. The van der Waals surface area contributed by atoms with E-state index in [-0.39, 0.29) is 0 Å². The highest BCUT2D eigenvalue weighted by Crippen LogP contribution is 2.20. The summed E-state index contributed by atoms with van der Waals surface area (Å²) in [4.78, 5) is 0.